The topological polar surface area (TPSA) is 59.1 Å². The Morgan fingerprint density at radius 3 is 1.58 bits per heavy atom. The SMILES string of the molecule is O=C1O[C@@](Cc2ccccc2)(C(O)c2ccccc2)[C@]2(Cc3ccccc3)O[C@]12Cc1ccccc1. The molecule has 180 valence electrons. The Balaban J connectivity index is 1.52. The fourth-order valence-corrected chi connectivity index (χ4v) is 5.94. The van der Waals surface area contributed by atoms with Crippen LogP contribution in [0.3, 0.4) is 0 Å². The van der Waals surface area contributed by atoms with Gasteiger partial charge in [0.05, 0.1) is 0 Å². The van der Waals surface area contributed by atoms with Gasteiger partial charge >= 0.3 is 5.97 Å². The van der Waals surface area contributed by atoms with Crippen molar-refractivity contribution in [3.8, 4) is 0 Å². The van der Waals surface area contributed by atoms with Crippen LogP contribution in [0.4, 0.5) is 0 Å². The quantitative estimate of drug-likeness (QED) is 0.279. The lowest BCUT2D eigenvalue weighted by atomic mass is 9.68. The standard InChI is InChI=1S/C32H28O4/c33-28(27-19-11-4-12-20-27)30(21-24-13-5-1-6-14-24)32(23-26-17-9-3-10-18-26)31(36-32,29(34)35-30)22-25-15-7-2-8-16-25/h1-20,28,33H,21-23H2/t28?,30-,31+,32-/m0/s1. The Labute approximate surface area is 211 Å². The van der Waals surface area contributed by atoms with E-state index in [0.717, 1.165) is 16.7 Å². The maximum Gasteiger partial charge on any atom is 0.342 e. The van der Waals surface area contributed by atoms with Crippen LogP contribution in [0.1, 0.15) is 28.4 Å². The van der Waals surface area contributed by atoms with Crippen molar-refractivity contribution in [3.05, 3.63) is 144 Å². The third-order valence-electron chi connectivity index (χ3n) is 7.71. The minimum atomic E-state index is -1.31. The molecule has 4 aromatic rings. The van der Waals surface area contributed by atoms with Crippen LogP contribution in [-0.2, 0) is 33.5 Å². The highest BCUT2D eigenvalue weighted by molar-refractivity contribution is 5.90. The fourth-order valence-electron chi connectivity index (χ4n) is 5.94. The van der Waals surface area contributed by atoms with Gasteiger partial charge in [-0.3, -0.25) is 0 Å². The lowest BCUT2D eigenvalue weighted by Crippen LogP contribution is -2.53. The number of aliphatic hydroxyl groups is 1. The Hall–Kier alpha value is -3.73. The van der Waals surface area contributed by atoms with E-state index in [2.05, 4.69) is 0 Å². The number of cyclic esters (lactones) is 1. The highest BCUT2D eigenvalue weighted by atomic mass is 16.7. The minimum absolute atomic E-state index is 0.332. The second-order valence-electron chi connectivity index (χ2n) is 9.84. The van der Waals surface area contributed by atoms with E-state index in [1.54, 1.807) is 0 Å². The zero-order valence-electron chi connectivity index (χ0n) is 19.9. The molecule has 6 rings (SSSR count). The number of rotatable bonds is 8. The lowest BCUT2D eigenvalue weighted by molar-refractivity contribution is -0.187. The molecule has 2 aliphatic heterocycles. The second-order valence-corrected chi connectivity index (χ2v) is 9.84. The molecule has 2 saturated heterocycles. The number of carbonyl (C=O) groups excluding carboxylic acids is 1. The van der Waals surface area contributed by atoms with Crippen LogP contribution in [-0.4, -0.2) is 27.9 Å². The first kappa shape index (κ1) is 22.7. The van der Waals surface area contributed by atoms with Crippen LogP contribution in [0.25, 0.3) is 0 Å². The molecule has 0 spiro atoms. The summed E-state index contributed by atoms with van der Waals surface area (Å²) in [5, 5.41) is 12.0. The van der Waals surface area contributed by atoms with Gasteiger partial charge in [-0.2, -0.15) is 0 Å². The zero-order chi connectivity index (χ0) is 24.6. The van der Waals surface area contributed by atoms with Crippen molar-refractivity contribution in [1.82, 2.24) is 0 Å². The number of benzene rings is 4. The summed E-state index contributed by atoms with van der Waals surface area (Å²) < 4.78 is 13.0. The van der Waals surface area contributed by atoms with Gasteiger partial charge in [0.15, 0.2) is 11.2 Å². The largest absolute Gasteiger partial charge is 0.450 e. The maximum atomic E-state index is 13.8. The van der Waals surface area contributed by atoms with E-state index in [9.17, 15) is 9.90 Å². The smallest absolute Gasteiger partial charge is 0.342 e. The predicted molar refractivity (Wildman–Crippen MR) is 137 cm³/mol. The van der Waals surface area contributed by atoms with Gasteiger partial charge in [0.1, 0.15) is 6.10 Å². The number of fused-ring (bicyclic) bond motifs is 1. The van der Waals surface area contributed by atoms with Gasteiger partial charge < -0.3 is 14.6 Å². The maximum absolute atomic E-state index is 13.8. The van der Waals surface area contributed by atoms with Crippen molar-refractivity contribution in [2.24, 2.45) is 0 Å². The van der Waals surface area contributed by atoms with Crippen LogP contribution in [0, 0.1) is 0 Å². The molecule has 4 atom stereocenters. The van der Waals surface area contributed by atoms with Crippen molar-refractivity contribution >= 4 is 5.97 Å². The lowest BCUT2D eigenvalue weighted by Gasteiger charge is -2.39. The van der Waals surface area contributed by atoms with E-state index in [1.165, 1.54) is 0 Å². The molecule has 0 amide bonds. The Kier molecular flexibility index (Phi) is 5.51. The molecule has 0 aromatic heterocycles. The summed E-state index contributed by atoms with van der Waals surface area (Å²) in [6.45, 7) is 0. The highest BCUT2D eigenvalue weighted by Gasteiger charge is 2.90. The molecule has 1 unspecified atom stereocenters. The van der Waals surface area contributed by atoms with Crippen LogP contribution in [0.2, 0.25) is 0 Å². The first-order chi connectivity index (χ1) is 17.6. The van der Waals surface area contributed by atoms with Crippen molar-refractivity contribution in [1.29, 1.82) is 0 Å². The molecule has 2 aliphatic rings. The van der Waals surface area contributed by atoms with Gasteiger partial charge in [-0.25, -0.2) is 4.79 Å². The second kappa shape index (κ2) is 8.74. The number of esters is 1. The zero-order valence-corrected chi connectivity index (χ0v) is 19.9. The molecular weight excluding hydrogens is 448 g/mol. The van der Waals surface area contributed by atoms with Crippen LogP contribution < -0.4 is 0 Å². The molecule has 36 heavy (non-hydrogen) atoms. The van der Waals surface area contributed by atoms with Gasteiger partial charge in [0.2, 0.25) is 5.60 Å². The van der Waals surface area contributed by atoms with E-state index in [-0.39, 0.29) is 0 Å². The highest BCUT2D eigenvalue weighted by Crippen LogP contribution is 2.68. The molecular formula is C32H28O4. The summed E-state index contributed by atoms with van der Waals surface area (Å²) in [5.41, 5.74) is 0.168. The molecule has 4 aromatic carbocycles. The van der Waals surface area contributed by atoms with Crippen LogP contribution in [0.5, 0.6) is 0 Å². The normalized spacial score (nSPS) is 27.2. The third kappa shape index (κ3) is 3.48. The van der Waals surface area contributed by atoms with Gasteiger partial charge in [0, 0.05) is 19.3 Å². The monoisotopic (exact) mass is 476 g/mol. The van der Waals surface area contributed by atoms with Crippen molar-refractivity contribution < 1.29 is 19.4 Å². The summed E-state index contributed by atoms with van der Waals surface area (Å²) in [6.07, 6.45) is 0.0893. The van der Waals surface area contributed by atoms with E-state index >= 15 is 0 Å². The summed E-state index contributed by atoms with van der Waals surface area (Å²) in [6, 6.07) is 39.2. The number of epoxide rings is 1. The first-order valence-electron chi connectivity index (χ1n) is 12.4. The van der Waals surface area contributed by atoms with Crippen LogP contribution >= 0.6 is 0 Å². The molecule has 0 saturated carbocycles. The number of hydrogen-bond acceptors (Lipinski definition) is 4. The summed E-state index contributed by atoms with van der Waals surface area (Å²) in [5.74, 6) is -0.409. The molecule has 0 aliphatic carbocycles. The van der Waals surface area contributed by atoms with Crippen molar-refractivity contribution in [2.75, 3.05) is 0 Å². The van der Waals surface area contributed by atoms with E-state index in [1.807, 2.05) is 121 Å². The predicted octanol–water partition coefficient (Wildman–Crippen LogP) is 5.25. The van der Waals surface area contributed by atoms with Crippen LogP contribution in [0.15, 0.2) is 121 Å². The molecule has 1 N–H and O–H groups in total. The number of aliphatic hydroxyl groups excluding tert-OH is 1. The van der Waals surface area contributed by atoms with Crippen molar-refractivity contribution in [3.63, 3.8) is 0 Å². The Morgan fingerprint density at radius 2 is 1.06 bits per heavy atom. The Bertz CT molecular complexity index is 1340. The van der Waals surface area contributed by atoms with Crippen molar-refractivity contribution in [2.45, 2.75) is 42.2 Å². The Morgan fingerprint density at radius 1 is 0.611 bits per heavy atom. The molecule has 2 fully saturated rings. The number of hydrogen-bond donors (Lipinski definition) is 1. The molecule has 4 heteroatoms. The molecule has 0 bridgehead atoms. The van der Waals surface area contributed by atoms with Gasteiger partial charge in [0.25, 0.3) is 0 Å². The molecule has 0 radical (unpaired) electrons. The number of ether oxygens (including phenoxy) is 2. The summed E-state index contributed by atoms with van der Waals surface area (Å²) in [7, 11) is 0. The van der Waals surface area contributed by atoms with E-state index in [0.29, 0.717) is 24.8 Å². The molecule has 4 nitrogen and oxygen atoms in total. The third-order valence-corrected chi connectivity index (χ3v) is 7.71. The van der Waals surface area contributed by atoms with Gasteiger partial charge in [-0.15, -0.1) is 0 Å². The summed E-state index contributed by atoms with van der Waals surface area (Å²) in [4.78, 5) is 13.8. The van der Waals surface area contributed by atoms with E-state index < -0.39 is 28.9 Å². The van der Waals surface area contributed by atoms with Gasteiger partial charge in [-0.1, -0.05) is 121 Å². The average Bonchev–Trinajstić information content (AvgIpc) is 3.53. The average molecular weight is 477 g/mol. The summed E-state index contributed by atoms with van der Waals surface area (Å²) >= 11 is 0. The molecule has 2 heterocycles. The minimum Gasteiger partial charge on any atom is -0.450 e. The first-order valence-corrected chi connectivity index (χ1v) is 12.4. The van der Waals surface area contributed by atoms with E-state index in [4.69, 9.17) is 9.47 Å². The van der Waals surface area contributed by atoms with Gasteiger partial charge in [-0.05, 0) is 22.3 Å². The fraction of sp³-hybridized carbons (Fsp3) is 0.219. The number of carbonyl (C=O) groups is 1.